The van der Waals surface area contributed by atoms with Gasteiger partial charge in [0, 0.05) is 18.6 Å². The van der Waals surface area contributed by atoms with Crippen LogP contribution in [0.25, 0.3) is 11.5 Å². The SMILES string of the molecule is CSc1cn(C(C)(C)C=O)nc1-c1ncccn1. The van der Waals surface area contributed by atoms with Gasteiger partial charge in [0.25, 0.3) is 0 Å². The molecule has 0 aliphatic carbocycles. The van der Waals surface area contributed by atoms with Gasteiger partial charge in [0.2, 0.25) is 0 Å². The topological polar surface area (TPSA) is 60.7 Å². The number of rotatable bonds is 4. The number of nitrogens with zero attached hydrogens (tertiary/aromatic N) is 4. The van der Waals surface area contributed by atoms with Gasteiger partial charge in [-0.1, -0.05) is 0 Å². The first kappa shape index (κ1) is 12.8. The maximum atomic E-state index is 11.1. The Morgan fingerprint density at radius 1 is 1.33 bits per heavy atom. The summed E-state index contributed by atoms with van der Waals surface area (Å²) >= 11 is 1.56. The fourth-order valence-corrected chi connectivity index (χ4v) is 1.96. The molecule has 0 saturated heterocycles. The molecule has 18 heavy (non-hydrogen) atoms. The van der Waals surface area contributed by atoms with E-state index < -0.39 is 5.54 Å². The van der Waals surface area contributed by atoms with Crippen LogP contribution in [0.4, 0.5) is 0 Å². The van der Waals surface area contributed by atoms with Crippen LogP contribution in [0.2, 0.25) is 0 Å². The molecule has 0 radical (unpaired) electrons. The van der Waals surface area contributed by atoms with E-state index in [1.807, 2.05) is 26.3 Å². The highest BCUT2D eigenvalue weighted by atomic mass is 32.2. The van der Waals surface area contributed by atoms with Gasteiger partial charge in [-0.3, -0.25) is 4.68 Å². The van der Waals surface area contributed by atoms with Crippen molar-refractivity contribution in [1.82, 2.24) is 19.7 Å². The van der Waals surface area contributed by atoms with Crippen molar-refractivity contribution in [2.24, 2.45) is 0 Å². The molecule has 0 aliphatic heterocycles. The predicted molar refractivity (Wildman–Crippen MR) is 70.4 cm³/mol. The Morgan fingerprint density at radius 2 is 2.00 bits per heavy atom. The minimum absolute atomic E-state index is 0.572. The molecule has 5 nitrogen and oxygen atoms in total. The van der Waals surface area contributed by atoms with Crippen LogP contribution >= 0.6 is 11.8 Å². The lowest BCUT2D eigenvalue weighted by Gasteiger charge is -2.16. The largest absolute Gasteiger partial charge is 0.301 e. The van der Waals surface area contributed by atoms with E-state index in [1.54, 1.807) is 34.9 Å². The number of thioether (sulfide) groups is 1. The molecule has 2 heterocycles. The number of aldehydes is 1. The van der Waals surface area contributed by atoms with E-state index in [4.69, 9.17) is 0 Å². The zero-order chi connectivity index (χ0) is 13.2. The second-order valence-corrected chi connectivity index (χ2v) is 5.18. The molecule has 0 aromatic carbocycles. The zero-order valence-electron chi connectivity index (χ0n) is 10.5. The molecule has 94 valence electrons. The summed E-state index contributed by atoms with van der Waals surface area (Å²) in [6.07, 6.45) is 8.04. The summed E-state index contributed by atoms with van der Waals surface area (Å²) in [5.41, 5.74) is 0.0374. The molecule has 0 unspecified atom stereocenters. The molecular formula is C12H14N4OS. The van der Waals surface area contributed by atoms with Crippen molar-refractivity contribution < 1.29 is 4.79 Å². The van der Waals surface area contributed by atoms with Gasteiger partial charge in [-0.05, 0) is 26.2 Å². The Kier molecular flexibility index (Phi) is 3.47. The van der Waals surface area contributed by atoms with Crippen LogP contribution in [-0.2, 0) is 10.3 Å². The summed E-state index contributed by atoms with van der Waals surface area (Å²) in [6.45, 7) is 3.62. The van der Waals surface area contributed by atoms with Gasteiger partial charge in [0.05, 0.1) is 4.90 Å². The maximum absolute atomic E-state index is 11.1. The van der Waals surface area contributed by atoms with E-state index >= 15 is 0 Å². The van der Waals surface area contributed by atoms with Crippen molar-refractivity contribution in [3.05, 3.63) is 24.7 Å². The van der Waals surface area contributed by atoms with Crippen molar-refractivity contribution in [2.45, 2.75) is 24.3 Å². The van der Waals surface area contributed by atoms with Crippen LogP contribution in [0.3, 0.4) is 0 Å². The van der Waals surface area contributed by atoms with Crippen LogP contribution < -0.4 is 0 Å². The van der Waals surface area contributed by atoms with Crippen molar-refractivity contribution in [2.75, 3.05) is 6.26 Å². The molecule has 0 aliphatic rings. The van der Waals surface area contributed by atoms with Crippen molar-refractivity contribution >= 4 is 18.0 Å². The van der Waals surface area contributed by atoms with Gasteiger partial charge >= 0.3 is 0 Å². The first-order valence-corrected chi connectivity index (χ1v) is 6.69. The molecule has 0 amide bonds. The van der Waals surface area contributed by atoms with E-state index in [9.17, 15) is 4.79 Å². The van der Waals surface area contributed by atoms with Gasteiger partial charge < -0.3 is 4.79 Å². The van der Waals surface area contributed by atoms with E-state index in [0.29, 0.717) is 11.5 Å². The summed E-state index contributed by atoms with van der Waals surface area (Å²) in [7, 11) is 0. The lowest BCUT2D eigenvalue weighted by molar-refractivity contribution is -0.114. The Hall–Kier alpha value is -1.69. The summed E-state index contributed by atoms with van der Waals surface area (Å²) in [6, 6.07) is 1.76. The molecule has 0 saturated carbocycles. The fraction of sp³-hybridized carbons (Fsp3) is 0.333. The molecule has 6 heteroatoms. The normalized spacial score (nSPS) is 11.5. The highest BCUT2D eigenvalue weighted by Crippen LogP contribution is 2.28. The smallest absolute Gasteiger partial charge is 0.181 e. The second kappa shape index (κ2) is 4.89. The molecule has 0 atom stereocenters. The average Bonchev–Trinajstić information content (AvgIpc) is 2.84. The predicted octanol–water partition coefficient (Wildman–Crippen LogP) is 2.00. The summed E-state index contributed by atoms with van der Waals surface area (Å²) in [4.78, 5) is 20.4. The van der Waals surface area contributed by atoms with Gasteiger partial charge in [-0.15, -0.1) is 11.8 Å². The molecule has 2 aromatic rings. The molecule has 0 spiro atoms. The number of hydrogen-bond acceptors (Lipinski definition) is 5. The highest BCUT2D eigenvalue weighted by molar-refractivity contribution is 7.98. The van der Waals surface area contributed by atoms with Gasteiger partial charge in [0.1, 0.15) is 17.5 Å². The van der Waals surface area contributed by atoms with E-state index in [0.717, 1.165) is 11.2 Å². The fourth-order valence-electron chi connectivity index (χ4n) is 1.43. The molecule has 2 aromatic heterocycles. The Balaban J connectivity index is 2.52. The minimum atomic E-state index is -0.669. The Morgan fingerprint density at radius 3 is 2.56 bits per heavy atom. The standard InChI is InChI=1S/C12H14N4OS/c1-12(2,8-17)16-7-9(18-3)10(15-16)11-13-5-4-6-14-11/h4-8H,1-3H3. The van der Waals surface area contributed by atoms with Gasteiger partial charge in [-0.25, -0.2) is 9.97 Å². The quantitative estimate of drug-likeness (QED) is 0.623. The highest BCUT2D eigenvalue weighted by Gasteiger charge is 2.23. The van der Waals surface area contributed by atoms with E-state index in [-0.39, 0.29) is 0 Å². The van der Waals surface area contributed by atoms with Crippen molar-refractivity contribution in [1.29, 1.82) is 0 Å². The van der Waals surface area contributed by atoms with E-state index in [1.165, 1.54) is 0 Å². The van der Waals surface area contributed by atoms with Crippen LogP contribution in [0, 0.1) is 0 Å². The van der Waals surface area contributed by atoms with Crippen molar-refractivity contribution in [3.63, 3.8) is 0 Å². The molecule has 2 rings (SSSR count). The van der Waals surface area contributed by atoms with Crippen LogP contribution in [0.15, 0.2) is 29.6 Å². The minimum Gasteiger partial charge on any atom is -0.301 e. The number of carbonyl (C=O) groups excluding carboxylic acids is 1. The first-order chi connectivity index (χ1) is 8.58. The summed E-state index contributed by atoms with van der Waals surface area (Å²) in [5.74, 6) is 0.572. The monoisotopic (exact) mass is 262 g/mol. The lowest BCUT2D eigenvalue weighted by Crippen LogP contribution is -2.28. The molecule has 0 N–H and O–H groups in total. The van der Waals surface area contributed by atoms with Gasteiger partial charge in [0.15, 0.2) is 5.82 Å². The summed E-state index contributed by atoms with van der Waals surface area (Å²) < 4.78 is 1.65. The third-order valence-electron chi connectivity index (χ3n) is 2.56. The number of hydrogen-bond donors (Lipinski definition) is 0. The van der Waals surface area contributed by atoms with Crippen LogP contribution in [0.1, 0.15) is 13.8 Å². The number of aromatic nitrogens is 4. The first-order valence-electron chi connectivity index (χ1n) is 5.46. The molecule has 0 fully saturated rings. The van der Waals surface area contributed by atoms with Crippen molar-refractivity contribution in [3.8, 4) is 11.5 Å². The third-order valence-corrected chi connectivity index (χ3v) is 3.30. The van der Waals surface area contributed by atoms with Gasteiger partial charge in [-0.2, -0.15) is 5.10 Å². The Bertz CT molecular complexity index is 550. The van der Waals surface area contributed by atoms with E-state index in [2.05, 4.69) is 15.1 Å². The lowest BCUT2D eigenvalue weighted by atomic mass is 10.1. The Labute approximate surface area is 110 Å². The third kappa shape index (κ3) is 2.28. The molecular weight excluding hydrogens is 248 g/mol. The zero-order valence-corrected chi connectivity index (χ0v) is 11.3. The summed E-state index contributed by atoms with van der Waals surface area (Å²) in [5, 5.41) is 4.43. The number of carbonyl (C=O) groups is 1. The van der Waals surface area contributed by atoms with Crippen LogP contribution in [0.5, 0.6) is 0 Å². The second-order valence-electron chi connectivity index (χ2n) is 4.33. The molecule has 0 bridgehead atoms. The van der Waals surface area contributed by atoms with Crippen LogP contribution in [-0.4, -0.2) is 32.3 Å². The average molecular weight is 262 g/mol. The maximum Gasteiger partial charge on any atom is 0.181 e.